The Balaban J connectivity index is 1.79. The van der Waals surface area contributed by atoms with E-state index in [4.69, 9.17) is 32.7 Å². The van der Waals surface area contributed by atoms with Gasteiger partial charge in [0.2, 0.25) is 0 Å². The van der Waals surface area contributed by atoms with Crippen LogP contribution in [0.3, 0.4) is 0 Å². The largest absolute Gasteiger partial charge is 0.497 e. The summed E-state index contributed by atoms with van der Waals surface area (Å²) in [5, 5.41) is 4.09. The molecule has 1 aliphatic heterocycles. The van der Waals surface area contributed by atoms with Gasteiger partial charge in [0.25, 0.3) is 0 Å². The molecule has 0 unspecified atom stereocenters. The molecule has 2 aromatic carbocycles. The zero-order valence-corrected chi connectivity index (χ0v) is 19.5. The van der Waals surface area contributed by atoms with Crippen LogP contribution in [-0.2, 0) is 14.3 Å². The van der Waals surface area contributed by atoms with Gasteiger partial charge in [-0.15, -0.1) is 0 Å². The van der Waals surface area contributed by atoms with E-state index in [-0.39, 0.29) is 11.7 Å². The van der Waals surface area contributed by atoms with Crippen molar-refractivity contribution in [2.75, 3.05) is 14.2 Å². The minimum Gasteiger partial charge on any atom is -0.497 e. The first kappa shape index (κ1) is 22.4. The minimum atomic E-state index is -0.571. The van der Waals surface area contributed by atoms with E-state index in [1.165, 1.54) is 7.11 Å². The maximum absolute atomic E-state index is 13.5. The van der Waals surface area contributed by atoms with E-state index < -0.39 is 11.9 Å². The topological polar surface area (TPSA) is 64.6 Å². The normalized spacial score (nSPS) is 20.6. The van der Waals surface area contributed by atoms with E-state index in [1.54, 1.807) is 25.3 Å². The van der Waals surface area contributed by atoms with E-state index in [0.29, 0.717) is 39.7 Å². The first-order valence-electron chi connectivity index (χ1n) is 10.2. The Morgan fingerprint density at radius 3 is 2.31 bits per heavy atom. The van der Waals surface area contributed by atoms with Gasteiger partial charge >= 0.3 is 5.97 Å². The molecule has 2 atom stereocenters. The molecule has 1 heterocycles. The number of methoxy groups -OCH3 is 2. The fraction of sp³-hybridized carbons (Fsp3) is 0.280. The highest BCUT2D eigenvalue weighted by atomic mass is 35.5. The molecule has 0 saturated carbocycles. The SMILES string of the molecule is COC(=O)C1=C(C)NC2=C(C(=O)C[C@@H](c3ccc(OC)cc3)C2)[C@@H]1c1ccc(Cl)c(Cl)c1. The van der Waals surface area contributed by atoms with Gasteiger partial charge in [-0.25, -0.2) is 4.79 Å². The lowest BCUT2D eigenvalue weighted by molar-refractivity contribution is -0.136. The number of ketones is 1. The number of allylic oxidation sites excluding steroid dienone is 3. The van der Waals surface area contributed by atoms with Crippen molar-refractivity contribution >= 4 is 35.0 Å². The van der Waals surface area contributed by atoms with Crippen molar-refractivity contribution < 1.29 is 19.1 Å². The Morgan fingerprint density at radius 2 is 1.69 bits per heavy atom. The number of carbonyl (C=O) groups is 2. The molecule has 5 nitrogen and oxygen atoms in total. The predicted molar refractivity (Wildman–Crippen MR) is 124 cm³/mol. The van der Waals surface area contributed by atoms with Gasteiger partial charge in [0.15, 0.2) is 5.78 Å². The van der Waals surface area contributed by atoms with Crippen molar-refractivity contribution in [3.05, 3.63) is 86.2 Å². The van der Waals surface area contributed by atoms with Gasteiger partial charge < -0.3 is 14.8 Å². The summed E-state index contributed by atoms with van der Waals surface area (Å²) in [6.45, 7) is 1.82. The number of halogens is 2. The Bertz CT molecular complexity index is 1150. The second kappa shape index (κ2) is 9.00. The molecule has 0 fully saturated rings. The summed E-state index contributed by atoms with van der Waals surface area (Å²) in [7, 11) is 2.96. The Labute approximate surface area is 197 Å². The van der Waals surface area contributed by atoms with E-state index in [9.17, 15) is 9.59 Å². The summed E-state index contributed by atoms with van der Waals surface area (Å²) >= 11 is 12.4. The number of ether oxygens (including phenoxy) is 2. The standard InChI is InChI=1S/C25H23Cl2NO4/c1-13-22(25(30)32-3)23(15-6-9-18(26)19(27)10-15)24-20(28-13)11-16(12-21(24)29)14-4-7-17(31-2)8-5-14/h4-10,16,23,28H,11-12H2,1-3H3/t16-,23+/m0/s1. The van der Waals surface area contributed by atoms with Crippen LogP contribution in [0, 0.1) is 0 Å². The van der Waals surface area contributed by atoms with Crippen LogP contribution < -0.4 is 10.1 Å². The highest BCUT2D eigenvalue weighted by Crippen LogP contribution is 2.46. The van der Waals surface area contributed by atoms with Crippen LogP contribution in [-0.4, -0.2) is 26.0 Å². The lowest BCUT2D eigenvalue weighted by atomic mass is 9.72. The number of hydrogen-bond acceptors (Lipinski definition) is 5. The number of benzene rings is 2. The van der Waals surface area contributed by atoms with Gasteiger partial charge in [-0.1, -0.05) is 41.4 Å². The molecule has 7 heteroatoms. The second-order valence-corrected chi connectivity index (χ2v) is 8.77. The molecule has 166 valence electrons. The van der Waals surface area contributed by atoms with Crippen LogP contribution in [0.2, 0.25) is 10.0 Å². The van der Waals surface area contributed by atoms with Gasteiger partial charge in [-0.05, 0) is 54.7 Å². The van der Waals surface area contributed by atoms with Crippen molar-refractivity contribution in [1.29, 1.82) is 0 Å². The molecule has 0 saturated heterocycles. The van der Waals surface area contributed by atoms with E-state index in [0.717, 1.165) is 22.6 Å². The molecule has 0 amide bonds. The number of Topliss-reactive ketones (excluding diaryl/α,β-unsaturated/α-hetero) is 1. The lowest BCUT2D eigenvalue weighted by Gasteiger charge is -2.36. The minimum absolute atomic E-state index is 0.00968. The van der Waals surface area contributed by atoms with Crippen molar-refractivity contribution in [2.45, 2.75) is 31.6 Å². The number of rotatable bonds is 4. The molecule has 0 spiro atoms. The van der Waals surface area contributed by atoms with E-state index >= 15 is 0 Å². The summed E-state index contributed by atoms with van der Waals surface area (Å²) in [5.41, 5.74) is 4.27. The van der Waals surface area contributed by atoms with Gasteiger partial charge in [-0.2, -0.15) is 0 Å². The Morgan fingerprint density at radius 1 is 1.00 bits per heavy atom. The number of esters is 1. The molecule has 2 aliphatic rings. The first-order chi connectivity index (χ1) is 15.3. The average molecular weight is 472 g/mol. The van der Waals surface area contributed by atoms with Crippen molar-refractivity contribution in [3.8, 4) is 5.75 Å². The fourth-order valence-electron chi connectivity index (χ4n) is 4.56. The molecule has 32 heavy (non-hydrogen) atoms. The average Bonchev–Trinajstić information content (AvgIpc) is 2.79. The van der Waals surface area contributed by atoms with Crippen molar-refractivity contribution in [3.63, 3.8) is 0 Å². The summed E-state index contributed by atoms with van der Waals surface area (Å²) in [6.07, 6.45) is 0.995. The monoisotopic (exact) mass is 471 g/mol. The van der Waals surface area contributed by atoms with Crippen LogP contribution in [0.1, 0.15) is 42.7 Å². The Hall–Kier alpha value is -2.76. The Kier molecular flexibility index (Phi) is 6.31. The van der Waals surface area contributed by atoms with Gasteiger partial charge in [-0.3, -0.25) is 4.79 Å². The molecule has 4 rings (SSSR count). The van der Waals surface area contributed by atoms with E-state index in [1.807, 2.05) is 31.2 Å². The first-order valence-corrected chi connectivity index (χ1v) is 11.0. The second-order valence-electron chi connectivity index (χ2n) is 7.96. The predicted octanol–water partition coefficient (Wildman–Crippen LogP) is 5.54. The van der Waals surface area contributed by atoms with Crippen LogP contribution in [0.5, 0.6) is 5.75 Å². The highest BCUT2D eigenvalue weighted by molar-refractivity contribution is 6.42. The van der Waals surface area contributed by atoms with Crippen LogP contribution in [0.15, 0.2) is 65.0 Å². The quantitative estimate of drug-likeness (QED) is 0.593. The summed E-state index contributed by atoms with van der Waals surface area (Å²) in [6, 6.07) is 13.0. The molecule has 0 bridgehead atoms. The van der Waals surface area contributed by atoms with Crippen LogP contribution in [0.4, 0.5) is 0 Å². The third kappa shape index (κ3) is 4.03. The molecule has 0 radical (unpaired) electrons. The third-order valence-electron chi connectivity index (χ3n) is 6.10. The van der Waals surface area contributed by atoms with Crippen LogP contribution >= 0.6 is 23.2 Å². The fourth-order valence-corrected chi connectivity index (χ4v) is 4.86. The molecule has 1 N–H and O–H groups in total. The van der Waals surface area contributed by atoms with Gasteiger partial charge in [0.05, 0.1) is 29.8 Å². The summed E-state index contributed by atoms with van der Waals surface area (Å²) in [5.74, 6) is -0.264. The smallest absolute Gasteiger partial charge is 0.336 e. The zero-order chi connectivity index (χ0) is 23.0. The maximum atomic E-state index is 13.5. The zero-order valence-electron chi connectivity index (χ0n) is 18.0. The van der Waals surface area contributed by atoms with Gasteiger partial charge in [0, 0.05) is 29.3 Å². The lowest BCUT2D eigenvalue weighted by Crippen LogP contribution is -2.36. The molecular weight excluding hydrogens is 449 g/mol. The van der Waals surface area contributed by atoms with Crippen molar-refractivity contribution in [1.82, 2.24) is 5.32 Å². The van der Waals surface area contributed by atoms with E-state index in [2.05, 4.69) is 5.32 Å². The van der Waals surface area contributed by atoms with Crippen LogP contribution in [0.25, 0.3) is 0 Å². The number of hydrogen-bond donors (Lipinski definition) is 1. The van der Waals surface area contributed by atoms with Crippen molar-refractivity contribution in [2.24, 2.45) is 0 Å². The summed E-state index contributed by atoms with van der Waals surface area (Å²) in [4.78, 5) is 26.2. The number of nitrogens with one attached hydrogen (secondary N) is 1. The highest BCUT2D eigenvalue weighted by Gasteiger charge is 2.41. The number of carbonyl (C=O) groups excluding carboxylic acids is 2. The summed E-state index contributed by atoms with van der Waals surface area (Å²) < 4.78 is 10.3. The maximum Gasteiger partial charge on any atom is 0.336 e. The molecule has 2 aromatic rings. The molecule has 0 aromatic heterocycles. The number of dihydropyridines is 1. The molecular formula is C25H23Cl2NO4. The molecule has 1 aliphatic carbocycles. The van der Waals surface area contributed by atoms with Gasteiger partial charge in [0.1, 0.15) is 5.75 Å². The third-order valence-corrected chi connectivity index (χ3v) is 6.84.